The number of anilines is 1. The first-order chi connectivity index (χ1) is 6.33. The molecule has 0 aliphatic rings. The van der Waals surface area contributed by atoms with Crippen LogP contribution < -0.4 is 5.73 Å². The van der Waals surface area contributed by atoms with Crippen molar-refractivity contribution in [2.75, 3.05) is 5.73 Å². The van der Waals surface area contributed by atoms with Gasteiger partial charge in [-0.1, -0.05) is 6.07 Å². The molecule has 1 aromatic carbocycles. The van der Waals surface area contributed by atoms with Crippen LogP contribution in [0.25, 0.3) is 10.8 Å². The van der Waals surface area contributed by atoms with Gasteiger partial charge in [0.05, 0.1) is 11.3 Å². The number of nitrogens with zero attached hydrogens (tertiary/aromatic N) is 2. The van der Waals surface area contributed by atoms with Crippen LogP contribution in [-0.4, -0.2) is 4.98 Å². The second kappa shape index (κ2) is 2.76. The second-order valence-electron chi connectivity index (χ2n) is 2.74. The lowest BCUT2D eigenvalue weighted by atomic mass is 10.1. The molecule has 62 valence electrons. The minimum absolute atomic E-state index is 0.513. The lowest BCUT2D eigenvalue weighted by Crippen LogP contribution is -1.91. The smallest absolute Gasteiger partial charge is 0.101 e. The molecule has 0 amide bonds. The van der Waals surface area contributed by atoms with Gasteiger partial charge in [0.1, 0.15) is 6.07 Å². The fourth-order valence-electron chi connectivity index (χ4n) is 1.29. The van der Waals surface area contributed by atoms with E-state index in [4.69, 9.17) is 11.0 Å². The maximum Gasteiger partial charge on any atom is 0.101 e. The zero-order chi connectivity index (χ0) is 9.26. The highest BCUT2D eigenvalue weighted by atomic mass is 14.6. The van der Waals surface area contributed by atoms with Crippen molar-refractivity contribution in [3.63, 3.8) is 0 Å². The standard InChI is InChI=1S/C10H7N3/c11-5-7-1-2-8-6-13-4-3-9(8)10(7)12/h1-4,6H,12H2. The summed E-state index contributed by atoms with van der Waals surface area (Å²) in [6.45, 7) is 0. The zero-order valence-corrected chi connectivity index (χ0v) is 6.86. The molecule has 0 saturated heterocycles. The Morgan fingerprint density at radius 2 is 2.15 bits per heavy atom. The van der Waals surface area contributed by atoms with Gasteiger partial charge in [0.25, 0.3) is 0 Å². The monoisotopic (exact) mass is 169 g/mol. The normalized spacial score (nSPS) is 9.77. The Labute approximate surface area is 75.4 Å². The predicted molar refractivity (Wildman–Crippen MR) is 50.9 cm³/mol. The van der Waals surface area contributed by atoms with Crippen LogP contribution in [0.2, 0.25) is 0 Å². The van der Waals surface area contributed by atoms with Crippen molar-refractivity contribution < 1.29 is 0 Å². The summed E-state index contributed by atoms with van der Waals surface area (Å²) >= 11 is 0. The third kappa shape index (κ3) is 1.09. The Balaban J connectivity index is 2.89. The quantitative estimate of drug-likeness (QED) is 0.610. The molecule has 0 unspecified atom stereocenters. The third-order valence-electron chi connectivity index (χ3n) is 1.98. The van der Waals surface area contributed by atoms with Crippen LogP contribution in [0.3, 0.4) is 0 Å². The first-order valence-corrected chi connectivity index (χ1v) is 3.85. The Kier molecular flexibility index (Phi) is 1.60. The van der Waals surface area contributed by atoms with Gasteiger partial charge in [0.2, 0.25) is 0 Å². The number of hydrogen-bond donors (Lipinski definition) is 1. The summed E-state index contributed by atoms with van der Waals surface area (Å²) in [7, 11) is 0. The van der Waals surface area contributed by atoms with E-state index in [0.29, 0.717) is 11.3 Å². The van der Waals surface area contributed by atoms with Crippen molar-refractivity contribution in [3.05, 3.63) is 36.2 Å². The molecule has 0 radical (unpaired) electrons. The van der Waals surface area contributed by atoms with Crippen molar-refractivity contribution in [2.24, 2.45) is 0 Å². The molecule has 2 N–H and O–H groups in total. The number of benzene rings is 1. The molecule has 0 saturated carbocycles. The molecular weight excluding hydrogens is 162 g/mol. The van der Waals surface area contributed by atoms with Crippen molar-refractivity contribution >= 4 is 16.5 Å². The first kappa shape index (κ1) is 7.56. The molecule has 0 aliphatic heterocycles. The number of fused-ring (bicyclic) bond motifs is 1. The average Bonchev–Trinajstić information content (AvgIpc) is 2.19. The lowest BCUT2D eigenvalue weighted by Gasteiger charge is -2.01. The van der Waals surface area contributed by atoms with Crippen LogP contribution in [0.15, 0.2) is 30.6 Å². The first-order valence-electron chi connectivity index (χ1n) is 3.85. The Morgan fingerprint density at radius 3 is 2.92 bits per heavy atom. The summed E-state index contributed by atoms with van der Waals surface area (Å²) < 4.78 is 0. The molecule has 13 heavy (non-hydrogen) atoms. The Hall–Kier alpha value is -2.08. The summed E-state index contributed by atoms with van der Waals surface area (Å²) in [5, 5.41) is 10.6. The van der Waals surface area contributed by atoms with Gasteiger partial charge in [-0.2, -0.15) is 5.26 Å². The van der Waals surface area contributed by atoms with Crippen molar-refractivity contribution in [3.8, 4) is 6.07 Å². The van der Waals surface area contributed by atoms with Crippen molar-refractivity contribution in [2.45, 2.75) is 0 Å². The molecule has 0 bridgehead atoms. The summed E-state index contributed by atoms with van der Waals surface area (Å²) in [5.41, 5.74) is 6.82. The lowest BCUT2D eigenvalue weighted by molar-refractivity contribution is 1.36. The van der Waals surface area contributed by atoms with Gasteiger partial charge in [0.15, 0.2) is 0 Å². The van der Waals surface area contributed by atoms with Gasteiger partial charge in [-0.3, -0.25) is 4.98 Å². The molecule has 0 atom stereocenters. The van der Waals surface area contributed by atoms with Gasteiger partial charge in [-0.15, -0.1) is 0 Å². The van der Waals surface area contributed by atoms with E-state index in [1.807, 2.05) is 18.2 Å². The van der Waals surface area contributed by atoms with Crippen molar-refractivity contribution in [1.29, 1.82) is 5.26 Å². The van der Waals surface area contributed by atoms with Gasteiger partial charge >= 0.3 is 0 Å². The average molecular weight is 169 g/mol. The van der Waals surface area contributed by atoms with E-state index in [1.165, 1.54) is 0 Å². The van der Waals surface area contributed by atoms with E-state index >= 15 is 0 Å². The maximum atomic E-state index is 8.73. The van der Waals surface area contributed by atoms with E-state index < -0.39 is 0 Å². The maximum absolute atomic E-state index is 8.73. The molecular formula is C10H7N3. The van der Waals surface area contributed by atoms with Gasteiger partial charge in [-0.05, 0) is 12.1 Å². The highest BCUT2D eigenvalue weighted by molar-refractivity contribution is 5.94. The highest BCUT2D eigenvalue weighted by Crippen LogP contribution is 2.22. The molecule has 3 nitrogen and oxygen atoms in total. The number of hydrogen-bond acceptors (Lipinski definition) is 3. The Bertz CT molecular complexity index is 497. The zero-order valence-electron chi connectivity index (χ0n) is 6.86. The highest BCUT2D eigenvalue weighted by Gasteiger charge is 2.02. The van der Waals surface area contributed by atoms with E-state index in [0.717, 1.165) is 10.8 Å². The molecule has 2 aromatic rings. The number of nitrogen functional groups attached to an aromatic ring is 1. The number of rotatable bonds is 0. The van der Waals surface area contributed by atoms with Crippen molar-refractivity contribution in [1.82, 2.24) is 4.98 Å². The fourth-order valence-corrected chi connectivity index (χ4v) is 1.29. The van der Waals surface area contributed by atoms with Crippen LogP contribution in [0, 0.1) is 11.3 Å². The Morgan fingerprint density at radius 1 is 1.31 bits per heavy atom. The number of aromatic nitrogens is 1. The molecule has 0 aliphatic carbocycles. The largest absolute Gasteiger partial charge is 0.397 e. The van der Waals surface area contributed by atoms with Gasteiger partial charge < -0.3 is 5.73 Å². The van der Waals surface area contributed by atoms with E-state index in [2.05, 4.69) is 4.98 Å². The summed E-state index contributed by atoms with van der Waals surface area (Å²) in [6, 6.07) is 7.41. The molecule has 3 heteroatoms. The van der Waals surface area contributed by atoms with Crippen LogP contribution in [0.4, 0.5) is 5.69 Å². The molecule has 0 fully saturated rings. The number of nitrogens with two attached hydrogens (primary N) is 1. The van der Waals surface area contributed by atoms with Crippen LogP contribution in [-0.2, 0) is 0 Å². The van der Waals surface area contributed by atoms with E-state index in [-0.39, 0.29) is 0 Å². The van der Waals surface area contributed by atoms with Gasteiger partial charge in [-0.25, -0.2) is 0 Å². The third-order valence-corrected chi connectivity index (χ3v) is 1.98. The number of nitriles is 1. The van der Waals surface area contributed by atoms with E-state index in [1.54, 1.807) is 18.5 Å². The SMILES string of the molecule is N#Cc1ccc2cnccc2c1N. The predicted octanol–water partition coefficient (Wildman–Crippen LogP) is 1.69. The van der Waals surface area contributed by atoms with Gasteiger partial charge in [0, 0.05) is 23.2 Å². The van der Waals surface area contributed by atoms with Crippen LogP contribution in [0.5, 0.6) is 0 Å². The molecule has 0 spiro atoms. The molecule has 1 heterocycles. The summed E-state index contributed by atoms with van der Waals surface area (Å²) in [4.78, 5) is 3.97. The number of pyridine rings is 1. The van der Waals surface area contributed by atoms with Crippen LogP contribution in [0.1, 0.15) is 5.56 Å². The summed E-state index contributed by atoms with van der Waals surface area (Å²) in [5.74, 6) is 0. The minimum atomic E-state index is 0.513. The second-order valence-corrected chi connectivity index (χ2v) is 2.74. The van der Waals surface area contributed by atoms with Crippen LogP contribution >= 0.6 is 0 Å². The van der Waals surface area contributed by atoms with E-state index in [9.17, 15) is 0 Å². The topological polar surface area (TPSA) is 62.7 Å². The molecule has 2 rings (SSSR count). The fraction of sp³-hybridized carbons (Fsp3) is 0. The minimum Gasteiger partial charge on any atom is -0.397 e. The summed E-state index contributed by atoms with van der Waals surface area (Å²) in [6.07, 6.45) is 3.40. The molecule has 1 aromatic heterocycles.